The highest BCUT2D eigenvalue weighted by molar-refractivity contribution is 7.86. The van der Waals surface area contributed by atoms with Crippen molar-refractivity contribution in [1.82, 2.24) is 4.31 Å². The van der Waals surface area contributed by atoms with Gasteiger partial charge in [0.05, 0.1) is 12.6 Å². The number of likely N-dealkylation sites (N-methyl/N-ethyl adjacent to an activating group) is 1. The van der Waals surface area contributed by atoms with Crippen LogP contribution in [-0.4, -0.2) is 39.0 Å². The second-order valence-corrected chi connectivity index (χ2v) is 4.18. The maximum atomic E-state index is 10.8. The van der Waals surface area contributed by atoms with Crippen LogP contribution in [0.3, 0.4) is 0 Å². The van der Waals surface area contributed by atoms with Crippen molar-refractivity contribution >= 4 is 10.2 Å². The van der Waals surface area contributed by atoms with Crippen LogP contribution >= 0.6 is 0 Å². The fourth-order valence-electron chi connectivity index (χ4n) is 1.02. The second kappa shape index (κ2) is 3.06. The fourth-order valence-corrected chi connectivity index (χ4v) is 1.60. The van der Waals surface area contributed by atoms with Crippen LogP contribution in [0.1, 0.15) is 6.42 Å². The van der Waals surface area contributed by atoms with Gasteiger partial charge in [-0.15, -0.1) is 0 Å². The molecule has 5 nitrogen and oxygen atoms in total. The molecule has 1 atom stereocenters. The zero-order chi connectivity index (χ0) is 8.48. The van der Waals surface area contributed by atoms with E-state index < -0.39 is 10.2 Å². The summed E-state index contributed by atoms with van der Waals surface area (Å²) < 4.78 is 27.7. The molecule has 0 aliphatic carbocycles. The molecule has 0 saturated carbocycles. The molecule has 6 heteroatoms. The van der Waals surface area contributed by atoms with E-state index in [9.17, 15) is 8.42 Å². The second-order valence-electron chi connectivity index (χ2n) is 2.58. The minimum absolute atomic E-state index is 0.0787. The molecule has 1 rings (SSSR count). The van der Waals surface area contributed by atoms with E-state index in [1.54, 1.807) is 0 Å². The van der Waals surface area contributed by atoms with Gasteiger partial charge in [-0.1, -0.05) is 0 Å². The van der Waals surface area contributed by atoms with Crippen LogP contribution in [0.25, 0.3) is 0 Å². The molecule has 66 valence electrons. The van der Waals surface area contributed by atoms with E-state index in [1.807, 2.05) is 0 Å². The lowest BCUT2D eigenvalue weighted by atomic mass is 10.3. The molecular weight excluding hydrogens is 168 g/mol. The van der Waals surface area contributed by atoms with Gasteiger partial charge >= 0.3 is 0 Å². The summed E-state index contributed by atoms with van der Waals surface area (Å²) in [7, 11) is -2.07. The summed E-state index contributed by atoms with van der Waals surface area (Å²) >= 11 is 0. The van der Waals surface area contributed by atoms with E-state index in [-0.39, 0.29) is 6.04 Å². The van der Waals surface area contributed by atoms with Gasteiger partial charge in [0.15, 0.2) is 0 Å². The molecular formula is C5H12N2O3S. The largest absolute Gasteiger partial charge is 0.380 e. The van der Waals surface area contributed by atoms with Crippen molar-refractivity contribution in [3.8, 4) is 0 Å². The van der Waals surface area contributed by atoms with Gasteiger partial charge in [0.1, 0.15) is 0 Å². The first-order chi connectivity index (χ1) is 5.02. The Morgan fingerprint density at radius 2 is 2.27 bits per heavy atom. The first-order valence-electron chi connectivity index (χ1n) is 3.35. The van der Waals surface area contributed by atoms with Crippen molar-refractivity contribution in [2.75, 3.05) is 20.3 Å². The minimum atomic E-state index is -3.53. The van der Waals surface area contributed by atoms with Gasteiger partial charge in [0.2, 0.25) is 0 Å². The highest BCUT2D eigenvalue weighted by Crippen LogP contribution is 2.11. The molecule has 1 heterocycles. The normalized spacial score (nSPS) is 26.3. The van der Waals surface area contributed by atoms with Crippen molar-refractivity contribution in [1.29, 1.82) is 0 Å². The van der Waals surface area contributed by atoms with E-state index in [0.29, 0.717) is 13.2 Å². The Kier molecular flexibility index (Phi) is 2.48. The monoisotopic (exact) mass is 180 g/mol. The summed E-state index contributed by atoms with van der Waals surface area (Å²) in [5.41, 5.74) is 0. The Labute approximate surface area is 66.3 Å². The summed E-state index contributed by atoms with van der Waals surface area (Å²) in [4.78, 5) is 0. The van der Waals surface area contributed by atoms with E-state index in [4.69, 9.17) is 9.88 Å². The zero-order valence-corrected chi connectivity index (χ0v) is 7.17. The van der Waals surface area contributed by atoms with Crippen LogP contribution in [0.4, 0.5) is 0 Å². The number of ether oxygens (including phenoxy) is 1. The van der Waals surface area contributed by atoms with Gasteiger partial charge in [-0.2, -0.15) is 12.7 Å². The Hall–Kier alpha value is -0.170. The van der Waals surface area contributed by atoms with Gasteiger partial charge in [-0.25, -0.2) is 5.14 Å². The van der Waals surface area contributed by atoms with E-state index in [1.165, 1.54) is 7.05 Å². The fraction of sp³-hybridized carbons (Fsp3) is 1.00. The predicted octanol–water partition coefficient (Wildman–Crippen LogP) is -1.09. The van der Waals surface area contributed by atoms with Crippen molar-refractivity contribution in [3.63, 3.8) is 0 Å². The maximum Gasteiger partial charge on any atom is 0.276 e. The first kappa shape index (κ1) is 8.92. The topological polar surface area (TPSA) is 72.6 Å². The lowest BCUT2D eigenvalue weighted by Gasteiger charge is -2.18. The molecule has 11 heavy (non-hydrogen) atoms. The molecule has 0 bridgehead atoms. The summed E-state index contributed by atoms with van der Waals surface area (Å²) in [6, 6.07) is -0.0787. The lowest BCUT2D eigenvalue weighted by molar-refractivity contribution is 0.181. The Morgan fingerprint density at radius 3 is 2.64 bits per heavy atom. The summed E-state index contributed by atoms with van der Waals surface area (Å²) in [6.45, 7) is 1.07. The van der Waals surface area contributed by atoms with Crippen LogP contribution in [0, 0.1) is 0 Å². The molecule has 1 fully saturated rings. The number of hydrogen-bond acceptors (Lipinski definition) is 3. The molecule has 2 N–H and O–H groups in total. The van der Waals surface area contributed by atoms with Gasteiger partial charge in [0.25, 0.3) is 10.2 Å². The molecule has 0 amide bonds. The van der Waals surface area contributed by atoms with Gasteiger partial charge in [0, 0.05) is 13.7 Å². The van der Waals surface area contributed by atoms with Crippen LogP contribution in [0.15, 0.2) is 0 Å². The highest BCUT2D eigenvalue weighted by atomic mass is 32.2. The minimum Gasteiger partial charge on any atom is -0.380 e. The quantitative estimate of drug-likeness (QED) is 0.587. The number of nitrogens with two attached hydrogens (primary N) is 1. The van der Waals surface area contributed by atoms with E-state index in [0.717, 1.165) is 10.7 Å². The molecule has 0 aromatic rings. The van der Waals surface area contributed by atoms with Gasteiger partial charge in [-0.05, 0) is 6.42 Å². The maximum absolute atomic E-state index is 10.8. The molecule has 0 aromatic heterocycles. The van der Waals surface area contributed by atoms with Gasteiger partial charge in [-0.3, -0.25) is 0 Å². The average molecular weight is 180 g/mol. The molecule has 1 saturated heterocycles. The summed E-state index contributed by atoms with van der Waals surface area (Å²) in [5.74, 6) is 0. The molecule has 0 spiro atoms. The Balaban J connectivity index is 2.60. The number of hydrogen-bond donors (Lipinski definition) is 1. The van der Waals surface area contributed by atoms with E-state index in [2.05, 4.69) is 0 Å². The van der Waals surface area contributed by atoms with Crippen molar-refractivity contribution in [2.45, 2.75) is 12.5 Å². The highest BCUT2D eigenvalue weighted by Gasteiger charge is 2.26. The third-order valence-corrected chi connectivity index (χ3v) is 2.92. The Bertz CT molecular complexity index is 220. The van der Waals surface area contributed by atoms with Crippen molar-refractivity contribution in [3.05, 3.63) is 0 Å². The molecule has 1 unspecified atom stereocenters. The standard InChI is InChI=1S/C5H12N2O3S/c1-7(11(6,8)9)5-2-3-10-4-5/h5H,2-4H2,1H3,(H2,6,8,9). The van der Waals surface area contributed by atoms with Crippen molar-refractivity contribution < 1.29 is 13.2 Å². The molecule has 0 radical (unpaired) electrons. The van der Waals surface area contributed by atoms with Crippen LogP contribution in [-0.2, 0) is 14.9 Å². The number of nitrogens with zero attached hydrogens (tertiary/aromatic N) is 1. The predicted molar refractivity (Wildman–Crippen MR) is 40.1 cm³/mol. The number of rotatable bonds is 2. The third kappa shape index (κ3) is 2.13. The van der Waals surface area contributed by atoms with E-state index >= 15 is 0 Å². The molecule has 1 aliphatic heterocycles. The average Bonchev–Trinajstić information content (AvgIpc) is 2.34. The first-order valence-corrected chi connectivity index (χ1v) is 4.85. The zero-order valence-electron chi connectivity index (χ0n) is 6.36. The van der Waals surface area contributed by atoms with Crippen LogP contribution in [0.5, 0.6) is 0 Å². The van der Waals surface area contributed by atoms with Crippen molar-refractivity contribution in [2.24, 2.45) is 5.14 Å². The van der Waals surface area contributed by atoms with Gasteiger partial charge < -0.3 is 4.74 Å². The van der Waals surface area contributed by atoms with Crippen LogP contribution in [0.2, 0.25) is 0 Å². The smallest absolute Gasteiger partial charge is 0.276 e. The third-order valence-electron chi connectivity index (χ3n) is 1.82. The SMILES string of the molecule is CN(C1CCOC1)S(N)(=O)=O. The van der Waals surface area contributed by atoms with Crippen LogP contribution < -0.4 is 5.14 Å². The summed E-state index contributed by atoms with van der Waals surface area (Å²) in [6.07, 6.45) is 0.729. The summed E-state index contributed by atoms with van der Waals surface area (Å²) in [5, 5.41) is 4.90. The molecule has 1 aliphatic rings. The Morgan fingerprint density at radius 1 is 1.64 bits per heavy atom. The lowest BCUT2D eigenvalue weighted by Crippen LogP contribution is -2.41. The molecule has 0 aromatic carbocycles.